The monoisotopic (exact) mass is 374 g/mol. The molecular formula is C18H15ClN2O5. The van der Waals surface area contributed by atoms with Gasteiger partial charge in [0.05, 0.1) is 7.11 Å². The molecule has 0 aliphatic heterocycles. The van der Waals surface area contributed by atoms with Crippen LogP contribution in [0.3, 0.4) is 0 Å². The lowest BCUT2D eigenvalue weighted by molar-refractivity contribution is -0.148. The highest BCUT2D eigenvalue weighted by molar-refractivity contribution is 6.30. The van der Waals surface area contributed by atoms with E-state index in [1.807, 2.05) is 0 Å². The van der Waals surface area contributed by atoms with Gasteiger partial charge in [-0.15, -0.1) is 0 Å². The number of carbonyl (C=O) groups is 1. The first kappa shape index (κ1) is 17.8. The molecule has 26 heavy (non-hydrogen) atoms. The Labute approximate surface area is 154 Å². The quantitative estimate of drug-likeness (QED) is 0.585. The van der Waals surface area contributed by atoms with Crippen molar-refractivity contribution in [2.24, 2.45) is 0 Å². The zero-order valence-corrected chi connectivity index (χ0v) is 14.6. The molecule has 3 aromatic rings. The molecule has 0 radical (unpaired) electrons. The van der Waals surface area contributed by atoms with Crippen molar-refractivity contribution in [3.8, 4) is 22.9 Å². The Morgan fingerprint density at radius 1 is 1.15 bits per heavy atom. The maximum Gasteiger partial charge on any atom is 0.344 e. The Balaban J connectivity index is 1.52. The minimum atomic E-state index is -0.571. The highest BCUT2D eigenvalue weighted by Gasteiger charge is 2.12. The fraction of sp³-hybridized carbons (Fsp3) is 0.167. The molecule has 0 amide bonds. The summed E-state index contributed by atoms with van der Waals surface area (Å²) in [5.41, 5.74) is 0.707. The smallest absolute Gasteiger partial charge is 0.344 e. The molecule has 134 valence electrons. The molecule has 0 atom stereocenters. The van der Waals surface area contributed by atoms with Crippen molar-refractivity contribution in [2.45, 2.75) is 6.61 Å². The molecule has 0 spiro atoms. The Morgan fingerprint density at radius 3 is 2.73 bits per heavy atom. The van der Waals surface area contributed by atoms with Crippen LogP contribution in [-0.4, -0.2) is 29.8 Å². The van der Waals surface area contributed by atoms with Gasteiger partial charge in [-0.25, -0.2) is 4.79 Å². The van der Waals surface area contributed by atoms with E-state index in [1.165, 1.54) is 7.11 Å². The van der Waals surface area contributed by atoms with Gasteiger partial charge in [-0.1, -0.05) is 41.0 Å². The van der Waals surface area contributed by atoms with E-state index < -0.39 is 5.97 Å². The Kier molecular flexibility index (Phi) is 5.70. The number of hydrogen-bond donors (Lipinski definition) is 0. The second kappa shape index (κ2) is 8.35. The van der Waals surface area contributed by atoms with E-state index in [0.29, 0.717) is 27.9 Å². The Bertz CT molecular complexity index is 897. The van der Waals surface area contributed by atoms with Gasteiger partial charge in [0, 0.05) is 10.6 Å². The second-order valence-electron chi connectivity index (χ2n) is 5.12. The summed E-state index contributed by atoms with van der Waals surface area (Å²) in [5.74, 6) is 0.948. The van der Waals surface area contributed by atoms with Crippen LogP contribution in [0.2, 0.25) is 5.02 Å². The van der Waals surface area contributed by atoms with Crippen LogP contribution >= 0.6 is 11.6 Å². The second-order valence-corrected chi connectivity index (χ2v) is 5.56. The van der Waals surface area contributed by atoms with Crippen LogP contribution in [0.15, 0.2) is 53.1 Å². The Morgan fingerprint density at radius 2 is 1.96 bits per heavy atom. The lowest BCUT2D eigenvalue weighted by Gasteiger charge is -2.09. The van der Waals surface area contributed by atoms with Gasteiger partial charge in [-0.3, -0.25) is 0 Å². The number of aromatic nitrogens is 2. The summed E-state index contributed by atoms with van der Waals surface area (Å²) in [6, 6.07) is 14.0. The van der Waals surface area contributed by atoms with Crippen molar-refractivity contribution in [3.05, 3.63) is 59.4 Å². The van der Waals surface area contributed by atoms with E-state index in [9.17, 15) is 4.79 Å². The average molecular weight is 375 g/mol. The number of ether oxygens (including phenoxy) is 3. The number of carbonyl (C=O) groups excluding carboxylic acids is 1. The molecule has 0 aliphatic carbocycles. The molecule has 8 heteroatoms. The third kappa shape index (κ3) is 4.52. The number of para-hydroxylation sites is 2. The van der Waals surface area contributed by atoms with Crippen LogP contribution in [-0.2, 0) is 16.1 Å². The number of nitrogens with zero attached hydrogens (tertiary/aromatic N) is 2. The normalized spacial score (nSPS) is 10.4. The van der Waals surface area contributed by atoms with Crippen LogP contribution in [0.1, 0.15) is 5.89 Å². The molecule has 0 aliphatic rings. The van der Waals surface area contributed by atoms with Crippen molar-refractivity contribution in [1.82, 2.24) is 10.1 Å². The predicted octanol–water partition coefficient (Wildman–Crippen LogP) is 3.52. The molecule has 7 nitrogen and oxygen atoms in total. The highest BCUT2D eigenvalue weighted by Crippen LogP contribution is 2.25. The van der Waals surface area contributed by atoms with Gasteiger partial charge in [-0.2, -0.15) is 4.98 Å². The van der Waals surface area contributed by atoms with Gasteiger partial charge >= 0.3 is 5.97 Å². The van der Waals surface area contributed by atoms with E-state index in [4.69, 9.17) is 30.3 Å². The number of rotatable bonds is 7. The molecular weight excluding hydrogens is 360 g/mol. The van der Waals surface area contributed by atoms with Crippen LogP contribution < -0.4 is 9.47 Å². The first-order valence-electron chi connectivity index (χ1n) is 7.65. The lowest BCUT2D eigenvalue weighted by Crippen LogP contribution is -2.15. The number of hydrogen-bond acceptors (Lipinski definition) is 7. The molecule has 1 aromatic heterocycles. The summed E-state index contributed by atoms with van der Waals surface area (Å²) < 4.78 is 20.7. The van der Waals surface area contributed by atoms with E-state index >= 15 is 0 Å². The lowest BCUT2D eigenvalue weighted by atomic mass is 10.2. The van der Waals surface area contributed by atoms with Gasteiger partial charge in [0.25, 0.3) is 5.89 Å². The SMILES string of the molecule is COc1ccccc1OCC(=O)OCc1nc(-c2cccc(Cl)c2)no1. The molecule has 3 rings (SSSR count). The number of methoxy groups -OCH3 is 1. The molecule has 0 bridgehead atoms. The van der Waals surface area contributed by atoms with Gasteiger partial charge < -0.3 is 18.7 Å². The summed E-state index contributed by atoms with van der Waals surface area (Å²) in [6.07, 6.45) is 0. The van der Waals surface area contributed by atoms with E-state index in [0.717, 1.165) is 0 Å². The molecule has 0 fully saturated rings. The average Bonchev–Trinajstić information content (AvgIpc) is 3.14. The number of benzene rings is 2. The molecule has 2 aromatic carbocycles. The van der Waals surface area contributed by atoms with Crippen molar-refractivity contribution in [2.75, 3.05) is 13.7 Å². The van der Waals surface area contributed by atoms with E-state index in [1.54, 1.807) is 48.5 Å². The third-order valence-corrected chi connectivity index (χ3v) is 3.56. The first-order chi connectivity index (χ1) is 12.7. The maximum absolute atomic E-state index is 11.8. The Hall–Kier alpha value is -3.06. The van der Waals surface area contributed by atoms with Crippen LogP contribution in [0.4, 0.5) is 0 Å². The summed E-state index contributed by atoms with van der Waals surface area (Å²) in [6.45, 7) is -0.419. The fourth-order valence-corrected chi connectivity index (χ4v) is 2.31. The molecule has 0 saturated carbocycles. The third-order valence-electron chi connectivity index (χ3n) is 3.32. The fourth-order valence-electron chi connectivity index (χ4n) is 2.12. The number of esters is 1. The van der Waals surface area contributed by atoms with Gasteiger partial charge in [0.15, 0.2) is 24.7 Å². The van der Waals surface area contributed by atoms with Crippen molar-refractivity contribution in [3.63, 3.8) is 0 Å². The summed E-state index contributed by atoms with van der Waals surface area (Å²) in [5, 5.41) is 4.40. The van der Waals surface area contributed by atoms with Gasteiger partial charge in [0.1, 0.15) is 0 Å². The first-order valence-corrected chi connectivity index (χ1v) is 8.03. The van der Waals surface area contributed by atoms with Gasteiger partial charge in [0.2, 0.25) is 5.82 Å². The van der Waals surface area contributed by atoms with E-state index in [-0.39, 0.29) is 19.1 Å². The van der Waals surface area contributed by atoms with Crippen LogP contribution in [0.25, 0.3) is 11.4 Å². The van der Waals surface area contributed by atoms with Crippen molar-refractivity contribution in [1.29, 1.82) is 0 Å². The van der Waals surface area contributed by atoms with Crippen LogP contribution in [0, 0.1) is 0 Å². The zero-order valence-electron chi connectivity index (χ0n) is 13.8. The molecule has 0 saturated heterocycles. The standard InChI is InChI=1S/C18H15ClN2O5/c1-23-14-7-2-3-8-15(14)24-11-17(22)25-10-16-20-18(21-26-16)12-5-4-6-13(19)9-12/h2-9H,10-11H2,1H3. The topological polar surface area (TPSA) is 83.7 Å². The molecule has 1 heterocycles. The number of halogens is 1. The predicted molar refractivity (Wildman–Crippen MR) is 93.0 cm³/mol. The van der Waals surface area contributed by atoms with Gasteiger partial charge in [-0.05, 0) is 24.3 Å². The maximum atomic E-state index is 11.8. The molecule has 0 unspecified atom stereocenters. The molecule has 0 N–H and O–H groups in total. The minimum Gasteiger partial charge on any atom is -0.493 e. The minimum absolute atomic E-state index is 0.151. The summed E-state index contributed by atoms with van der Waals surface area (Å²) in [4.78, 5) is 16.0. The summed E-state index contributed by atoms with van der Waals surface area (Å²) >= 11 is 5.93. The summed E-state index contributed by atoms with van der Waals surface area (Å²) in [7, 11) is 1.52. The largest absolute Gasteiger partial charge is 0.493 e. The van der Waals surface area contributed by atoms with E-state index in [2.05, 4.69) is 10.1 Å². The van der Waals surface area contributed by atoms with Crippen molar-refractivity contribution < 1.29 is 23.5 Å². The van der Waals surface area contributed by atoms with Crippen LogP contribution in [0.5, 0.6) is 11.5 Å². The van der Waals surface area contributed by atoms with Crippen molar-refractivity contribution >= 4 is 17.6 Å². The highest BCUT2D eigenvalue weighted by atomic mass is 35.5. The zero-order chi connectivity index (χ0) is 18.4.